The van der Waals surface area contributed by atoms with Gasteiger partial charge >= 0.3 is 0 Å². The van der Waals surface area contributed by atoms with E-state index in [-0.39, 0.29) is 0 Å². The highest BCUT2D eigenvalue weighted by molar-refractivity contribution is 4.74. The molecule has 0 aliphatic carbocycles. The Morgan fingerprint density at radius 2 is 2.00 bits per heavy atom. The van der Waals surface area contributed by atoms with Gasteiger partial charge in [0.15, 0.2) is 0 Å². The summed E-state index contributed by atoms with van der Waals surface area (Å²) in [6.45, 7) is 8.74. The summed E-state index contributed by atoms with van der Waals surface area (Å²) in [6.07, 6.45) is 2.89. The molecule has 3 heteroatoms. The summed E-state index contributed by atoms with van der Waals surface area (Å²) in [4.78, 5) is 2.53. The Kier molecular flexibility index (Phi) is 5.45. The molecule has 0 aromatic rings. The molecule has 1 heterocycles. The average Bonchev–Trinajstić information content (AvgIpc) is 2.19. The van der Waals surface area contributed by atoms with Crippen molar-refractivity contribution in [1.82, 2.24) is 10.2 Å². The number of piperidine rings is 1. The fourth-order valence-corrected chi connectivity index (χ4v) is 1.89. The maximum absolute atomic E-state index is 5.76. The molecule has 1 N–H and O–H groups in total. The van der Waals surface area contributed by atoms with Crippen molar-refractivity contribution in [2.24, 2.45) is 0 Å². The Labute approximate surface area is 87.8 Å². The van der Waals surface area contributed by atoms with Gasteiger partial charge in [-0.2, -0.15) is 0 Å². The van der Waals surface area contributed by atoms with Gasteiger partial charge in [-0.25, -0.2) is 0 Å². The van der Waals surface area contributed by atoms with Gasteiger partial charge in [-0.15, -0.1) is 0 Å². The van der Waals surface area contributed by atoms with Crippen LogP contribution in [0.4, 0.5) is 0 Å². The van der Waals surface area contributed by atoms with E-state index in [1.165, 1.54) is 25.9 Å². The Hall–Kier alpha value is -0.120. The highest BCUT2D eigenvalue weighted by atomic mass is 16.5. The molecule has 0 bridgehead atoms. The Morgan fingerprint density at radius 3 is 2.50 bits per heavy atom. The van der Waals surface area contributed by atoms with Gasteiger partial charge in [-0.3, -0.25) is 0 Å². The lowest BCUT2D eigenvalue weighted by molar-refractivity contribution is 0.00338. The summed E-state index contributed by atoms with van der Waals surface area (Å²) in [6, 6.07) is 0.688. The highest BCUT2D eigenvalue weighted by Gasteiger charge is 2.20. The van der Waals surface area contributed by atoms with Gasteiger partial charge in [0.25, 0.3) is 0 Å². The molecule has 1 saturated heterocycles. The average molecular weight is 200 g/mol. The first-order valence-electron chi connectivity index (χ1n) is 5.74. The molecule has 14 heavy (non-hydrogen) atoms. The van der Waals surface area contributed by atoms with E-state index in [4.69, 9.17) is 4.74 Å². The summed E-state index contributed by atoms with van der Waals surface area (Å²) in [7, 11) is 1.96. The van der Waals surface area contributed by atoms with E-state index in [2.05, 4.69) is 24.1 Å². The summed E-state index contributed by atoms with van der Waals surface area (Å²) < 4.78 is 5.76. The lowest BCUT2D eigenvalue weighted by atomic mass is 10.1. The summed E-state index contributed by atoms with van der Waals surface area (Å²) in [5, 5.41) is 3.10. The molecule has 0 unspecified atom stereocenters. The third-order valence-corrected chi connectivity index (χ3v) is 2.91. The molecule has 0 aromatic carbocycles. The predicted octanol–water partition coefficient (Wildman–Crippen LogP) is 1.10. The second kappa shape index (κ2) is 6.38. The van der Waals surface area contributed by atoms with Crippen LogP contribution in [-0.4, -0.2) is 50.3 Å². The quantitative estimate of drug-likeness (QED) is 0.673. The van der Waals surface area contributed by atoms with Gasteiger partial charge in [0.05, 0.1) is 12.7 Å². The molecule has 3 nitrogen and oxygen atoms in total. The minimum atomic E-state index is 0.498. The molecule has 0 saturated carbocycles. The lowest BCUT2D eigenvalue weighted by Crippen LogP contribution is -2.41. The number of ether oxygens (including phenoxy) is 1. The molecule has 0 amide bonds. The molecule has 0 atom stereocenters. The Morgan fingerprint density at radius 1 is 1.36 bits per heavy atom. The first kappa shape index (κ1) is 12.0. The van der Waals surface area contributed by atoms with Crippen molar-refractivity contribution < 1.29 is 4.74 Å². The molecule has 0 radical (unpaired) electrons. The normalized spacial score (nSPS) is 20.6. The molecular weight excluding hydrogens is 176 g/mol. The van der Waals surface area contributed by atoms with Crippen molar-refractivity contribution in [3.8, 4) is 0 Å². The summed E-state index contributed by atoms with van der Waals surface area (Å²) in [5.41, 5.74) is 0. The molecule has 1 aliphatic heterocycles. The van der Waals surface area contributed by atoms with Crippen molar-refractivity contribution in [3.63, 3.8) is 0 Å². The van der Waals surface area contributed by atoms with Crippen LogP contribution in [0.15, 0.2) is 0 Å². The number of likely N-dealkylation sites (tertiary alicyclic amines) is 1. The zero-order chi connectivity index (χ0) is 10.4. The van der Waals surface area contributed by atoms with E-state index >= 15 is 0 Å². The van der Waals surface area contributed by atoms with Gasteiger partial charge in [0, 0.05) is 25.7 Å². The van der Waals surface area contributed by atoms with E-state index in [1.54, 1.807) is 0 Å². The fourth-order valence-electron chi connectivity index (χ4n) is 1.89. The number of rotatable bonds is 5. The summed E-state index contributed by atoms with van der Waals surface area (Å²) >= 11 is 0. The largest absolute Gasteiger partial charge is 0.377 e. The van der Waals surface area contributed by atoms with Crippen LogP contribution in [0.1, 0.15) is 26.7 Å². The van der Waals surface area contributed by atoms with Crippen molar-refractivity contribution in [1.29, 1.82) is 0 Å². The number of hydrogen-bond acceptors (Lipinski definition) is 3. The molecule has 1 rings (SSSR count). The van der Waals surface area contributed by atoms with Crippen molar-refractivity contribution in [2.45, 2.75) is 38.8 Å². The van der Waals surface area contributed by atoms with Crippen LogP contribution in [-0.2, 0) is 4.74 Å². The van der Waals surface area contributed by atoms with E-state index in [0.717, 1.165) is 13.2 Å². The molecular formula is C11H24N2O. The van der Waals surface area contributed by atoms with Crippen LogP contribution < -0.4 is 5.32 Å². The Balaban J connectivity index is 2.09. The van der Waals surface area contributed by atoms with Gasteiger partial charge in [0.1, 0.15) is 0 Å². The minimum absolute atomic E-state index is 0.498. The first-order valence-corrected chi connectivity index (χ1v) is 5.74. The van der Waals surface area contributed by atoms with Crippen LogP contribution in [0.25, 0.3) is 0 Å². The molecule has 84 valence electrons. The van der Waals surface area contributed by atoms with Gasteiger partial charge < -0.3 is 15.0 Å². The van der Waals surface area contributed by atoms with E-state index in [9.17, 15) is 0 Å². The molecule has 1 aliphatic rings. The number of likely N-dealkylation sites (N-methyl/N-ethyl adjacent to an activating group) is 1. The summed E-state index contributed by atoms with van der Waals surface area (Å²) in [5.74, 6) is 0. The second-order valence-electron chi connectivity index (χ2n) is 4.30. The lowest BCUT2D eigenvalue weighted by Gasteiger charge is -2.34. The van der Waals surface area contributed by atoms with Crippen LogP contribution in [0.2, 0.25) is 0 Å². The Bertz CT molecular complexity index is 142. The molecule has 0 spiro atoms. The van der Waals surface area contributed by atoms with Crippen molar-refractivity contribution in [3.05, 3.63) is 0 Å². The van der Waals surface area contributed by atoms with Crippen LogP contribution >= 0.6 is 0 Å². The van der Waals surface area contributed by atoms with E-state index in [0.29, 0.717) is 12.1 Å². The van der Waals surface area contributed by atoms with E-state index < -0.39 is 0 Å². The predicted molar refractivity (Wildman–Crippen MR) is 59.6 cm³/mol. The number of hydrogen-bond donors (Lipinski definition) is 1. The van der Waals surface area contributed by atoms with Gasteiger partial charge in [-0.1, -0.05) is 0 Å². The maximum atomic E-state index is 5.76. The number of nitrogens with zero attached hydrogens (tertiary/aromatic N) is 1. The smallest absolute Gasteiger partial charge is 0.0600 e. The third-order valence-electron chi connectivity index (χ3n) is 2.91. The van der Waals surface area contributed by atoms with Crippen molar-refractivity contribution >= 4 is 0 Å². The SMILES string of the molecule is CNCCOC1CCN(C(C)C)CC1. The molecule has 1 fully saturated rings. The third kappa shape index (κ3) is 3.95. The number of nitrogens with one attached hydrogen (secondary N) is 1. The highest BCUT2D eigenvalue weighted by Crippen LogP contribution is 2.15. The first-order chi connectivity index (χ1) is 6.74. The maximum Gasteiger partial charge on any atom is 0.0600 e. The van der Waals surface area contributed by atoms with Crippen molar-refractivity contribution in [2.75, 3.05) is 33.3 Å². The van der Waals surface area contributed by atoms with Crippen LogP contribution in [0, 0.1) is 0 Å². The van der Waals surface area contributed by atoms with Crippen LogP contribution in [0.5, 0.6) is 0 Å². The van der Waals surface area contributed by atoms with Gasteiger partial charge in [0.2, 0.25) is 0 Å². The van der Waals surface area contributed by atoms with Crippen LogP contribution in [0.3, 0.4) is 0 Å². The standard InChI is InChI=1S/C11H24N2O/c1-10(2)13-7-4-11(5-8-13)14-9-6-12-3/h10-12H,4-9H2,1-3H3. The molecule has 0 aromatic heterocycles. The topological polar surface area (TPSA) is 24.5 Å². The van der Waals surface area contributed by atoms with Gasteiger partial charge in [-0.05, 0) is 33.7 Å². The monoisotopic (exact) mass is 200 g/mol. The minimum Gasteiger partial charge on any atom is -0.377 e. The van der Waals surface area contributed by atoms with E-state index in [1.807, 2.05) is 7.05 Å². The zero-order valence-electron chi connectivity index (χ0n) is 9.75. The fraction of sp³-hybridized carbons (Fsp3) is 1.00. The second-order valence-corrected chi connectivity index (χ2v) is 4.30. The zero-order valence-corrected chi connectivity index (χ0v) is 9.75.